The van der Waals surface area contributed by atoms with E-state index in [9.17, 15) is 4.79 Å². The molecular formula is C10H6Cl2O2. The first-order valence-electron chi connectivity index (χ1n) is 3.73. The van der Waals surface area contributed by atoms with Gasteiger partial charge in [-0.05, 0) is 18.2 Å². The molecule has 72 valence electrons. The zero-order chi connectivity index (χ0) is 10.6. The summed E-state index contributed by atoms with van der Waals surface area (Å²) >= 11 is 11.0. The summed E-state index contributed by atoms with van der Waals surface area (Å²) in [5.74, 6) is 4.36. The first-order valence-corrected chi connectivity index (χ1v) is 4.64. The Morgan fingerprint density at radius 3 is 2.79 bits per heavy atom. The van der Waals surface area contributed by atoms with Gasteiger partial charge in [-0.2, -0.15) is 0 Å². The van der Waals surface area contributed by atoms with Crippen molar-refractivity contribution < 1.29 is 9.90 Å². The molecule has 2 nitrogen and oxygen atoms in total. The standard InChI is InChI=1S/C10H6Cl2O2/c11-5-1-2-7-3-4-8(12)6-9(7)10(13)14/h3-4,6H,5H2,(H,13,14). The lowest BCUT2D eigenvalue weighted by molar-refractivity contribution is 0.0696. The third-order valence-corrected chi connectivity index (χ3v) is 1.87. The molecular weight excluding hydrogens is 223 g/mol. The molecule has 0 aliphatic heterocycles. The molecule has 0 aliphatic rings. The predicted octanol–water partition coefficient (Wildman–Crippen LogP) is 2.63. The van der Waals surface area contributed by atoms with Gasteiger partial charge in [0.25, 0.3) is 0 Å². The number of aromatic carboxylic acids is 1. The number of benzene rings is 1. The number of carboxylic acid groups (broad SMARTS) is 1. The minimum absolute atomic E-state index is 0.0927. The fourth-order valence-electron chi connectivity index (χ4n) is 0.931. The molecule has 0 spiro atoms. The van der Waals surface area contributed by atoms with Crippen molar-refractivity contribution in [3.8, 4) is 11.8 Å². The average Bonchev–Trinajstić information content (AvgIpc) is 2.15. The van der Waals surface area contributed by atoms with Crippen molar-refractivity contribution in [2.45, 2.75) is 0 Å². The third-order valence-electron chi connectivity index (χ3n) is 1.50. The van der Waals surface area contributed by atoms with Crippen LogP contribution in [-0.4, -0.2) is 17.0 Å². The van der Waals surface area contributed by atoms with E-state index in [0.29, 0.717) is 10.6 Å². The summed E-state index contributed by atoms with van der Waals surface area (Å²) in [5.41, 5.74) is 0.512. The summed E-state index contributed by atoms with van der Waals surface area (Å²) in [6.45, 7) is 0. The van der Waals surface area contributed by atoms with Gasteiger partial charge in [0.2, 0.25) is 0 Å². The van der Waals surface area contributed by atoms with Crippen LogP contribution in [-0.2, 0) is 0 Å². The minimum Gasteiger partial charge on any atom is -0.478 e. The molecule has 1 rings (SSSR count). The lowest BCUT2D eigenvalue weighted by Gasteiger charge is -1.98. The molecule has 1 aromatic rings. The number of hydrogen-bond donors (Lipinski definition) is 1. The quantitative estimate of drug-likeness (QED) is 0.593. The van der Waals surface area contributed by atoms with Crippen LogP contribution in [0, 0.1) is 11.8 Å². The van der Waals surface area contributed by atoms with Gasteiger partial charge < -0.3 is 5.11 Å². The van der Waals surface area contributed by atoms with E-state index < -0.39 is 5.97 Å². The van der Waals surface area contributed by atoms with E-state index in [1.165, 1.54) is 6.07 Å². The van der Waals surface area contributed by atoms with Crippen LogP contribution in [0.3, 0.4) is 0 Å². The second kappa shape index (κ2) is 4.90. The van der Waals surface area contributed by atoms with E-state index in [4.69, 9.17) is 28.3 Å². The average molecular weight is 229 g/mol. The molecule has 0 saturated carbocycles. The van der Waals surface area contributed by atoms with Crippen LogP contribution in [0.15, 0.2) is 18.2 Å². The van der Waals surface area contributed by atoms with Gasteiger partial charge in [-0.25, -0.2) is 4.79 Å². The van der Waals surface area contributed by atoms with Crippen molar-refractivity contribution >= 4 is 29.2 Å². The molecule has 0 aliphatic carbocycles. The monoisotopic (exact) mass is 228 g/mol. The molecule has 1 N–H and O–H groups in total. The molecule has 0 aromatic heterocycles. The van der Waals surface area contributed by atoms with Gasteiger partial charge in [0.05, 0.1) is 11.4 Å². The molecule has 0 atom stereocenters. The first-order chi connectivity index (χ1) is 6.65. The summed E-state index contributed by atoms with van der Waals surface area (Å²) in [4.78, 5) is 10.8. The van der Waals surface area contributed by atoms with Crippen LogP contribution < -0.4 is 0 Å². The van der Waals surface area contributed by atoms with Crippen LogP contribution in [0.1, 0.15) is 15.9 Å². The molecule has 0 amide bonds. The summed E-state index contributed by atoms with van der Waals surface area (Å²) in [5, 5.41) is 9.20. The Bertz CT molecular complexity index is 416. The van der Waals surface area contributed by atoms with Gasteiger partial charge in [0.1, 0.15) is 0 Å². The van der Waals surface area contributed by atoms with Crippen molar-refractivity contribution in [1.29, 1.82) is 0 Å². The van der Waals surface area contributed by atoms with Crippen molar-refractivity contribution in [3.05, 3.63) is 34.3 Å². The maximum Gasteiger partial charge on any atom is 0.337 e. The van der Waals surface area contributed by atoms with Crippen LogP contribution >= 0.6 is 23.2 Å². The second-order valence-corrected chi connectivity index (χ2v) is 3.13. The summed E-state index contributed by atoms with van der Waals surface area (Å²) in [6.07, 6.45) is 0. The van der Waals surface area contributed by atoms with E-state index in [0.717, 1.165) is 0 Å². The molecule has 0 unspecified atom stereocenters. The summed E-state index contributed by atoms with van der Waals surface area (Å²) < 4.78 is 0. The zero-order valence-electron chi connectivity index (χ0n) is 7.05. The topological polar surface area (TPSA) is 37.3 Å². The molecule has 0 saturated heterocycles. The fourth-order valence-corrected chi connectivity index (χ4v) is 1.17. The molecule has 1 aromatic carbocycles. The van der Waals surface area contributed by atoms with Gasteiger partial charge in [0, 0.05) is 10.6 Å². The first kappa shape index (κ1) is 10.9. The molecule has 0 radical (unpaired) electrons. The highest BCUT2D eigenvalue weighted by atomic mass is 35.5. The normalized spacial score (nSPS) is 9.00. The van der Waals surface area contributed by atoms with Gasteiger partial charge in [0.15, 0.2) is 0 Å². The van der Waals surface area contributed by atoms with Gasteiger partial charge in [-0.1, -0.05) is 23.4 Å². The number of carbonyl (C=O) groups is 1. The van der Waals surface area contributed by atoms with Crippen molar-refractivity contribution in [2.75, 3.05) is 5.88 Å². The maximum absolute atomic E-state index is 10.8. The number of alkyl halides is 1. The van der Waals surface area contributed by atoms with Crippen LogP contribution in [0.2, 0.25) is 5.02 Å². The summed E-state index contributed by atoms with van der Waals surface area (Å²) in [7, 11) is 0. The van der Waals surface area contributed by atoms with Crippen molar-refractivity contribution in [2.24, 2.45) is 0 Å². The Balaban J connectivity index is 3.22. The Morgan fingerprint density at radius 2 is 2.21 bits per heavy atom. The molecule has 0 heterocycles. The Morgan fingerprint density at radius 1 is 1.50 bits per heavy atom. The van der Waals surface area contributed by atoms with E-state index >= 15 is 0 Å². The Hall–Kier alpha value is -1.17. The maximum atomic E-state index is 10.8. The smallest absolute Gasteiger partial charge is 0.337 e. The number of halogens is 2. The highest BCUT2D eigenvalue weighted by Crippen LogP contribution is 2.15. The molecule has 0 bridgehead atoms. The van der Waals surface area contributed by atoms with E-state index in [1.54, 1.807) is 12.1 Å². The number of carboxylic acids is 1. The number of rotatable bonds is 1. The van der Waals surface area contributed by atoms with Gasteiger partial charge in [-0.3, -0.25) is 0 Å². The van der Waals surface area contributed by atoms with Gasteiger partial charge in [-0.15, -0.1) is 11.6 Å². The van der Waals surface area contributed by atoms with E-state index in [1.807, 2.05) is 0 Å². The van der Waals surface area contributed by atoms with Gasteiger partial charge >= 0.3 is 5.97 Å². The van der Waals surface area contributed by atoms with Crippen LogP contribution in [0.4, 0.5) is 0 Å². The van der Waals surface area contributed by atoms with Crippen LogP contribution in [0.25, 0.3) is 0 Å². The lowest BCUT2D eigenvalue weighted by Crippen LogP contribution is -1.99. The zero-order valence-corrected chi connectivity index (χ0v) is 8.56. The highest BCUT2D eigenvalue weighted by Gasteiger charge is 2.08. The Labute approximate surface area is 91.5 Å². The SMILES string of the molecule is O=C(O)c1cc(Cl)ccc1C#CCCl. The third kappa shape index (κ3) is 2.66. The van der Waals surface area contributed by atoms with E-state index in [2.05, 4.69) is 11.8 Å². The highest BCUT2D eigenvalue weighted by molar-refractivity contribution is 6.31. The molecule has 14 heavy (non-hydrogen) atoms. The van der Waals surface area contributed by atoms with Crippen LogP contribution in [0.5, 0.6) is 0 Å². The lowest BCUT2D eigenvalue weighted by atomic mass is 10.1. The number of hydrogen-bond acceptors (Lipinski definition) is 1. The van der Waals surface area contributed by atoms with Crippen molar-refractivity contribution in [3.63, 3.8) is 0 Å². The Kier molecular flexibility index (Phi) is 3.82. The predicted molar refractivity (Wildman–Crippen MR) is 56.0 cm³/mol. The second-order valence-electron chi connectivity index (χ2n) is 2.43. The van der Waals surface area contributed by atoms with E-state index in [-0.39, 0.29) is 11.4 Å². The minimum atomic E-state index is -1.05. The van der Waals surface area contributed by atoms with Crippen molar-refractivity contribution in [1.82, 2.24) is 0 Å². The fraction of sp³-hybridized carbons (Fsp3) is 0.100. The molecule has 4 heteroatoms. The largest absolute Gasteiger partial charge is 0.478 e. The summed E-state index contributed by atoms with van der Waals surface area (Å²) in [6, 6.07) is 4.51. The molecule has 0 fully saturated rings.